The van der Waals surface area contributed by atoms with E-state index in [4.69, 9.17) is 0 Å². The Hall–Kier alpha value is -0.860. The van der Waals surface area contributed by atoms with Crippen LogP contribution in [-0.4, -0.2) is 30.6 Å². The van der Waals surface area contributed by atoms with Gasteiger partial charge in [-0.1, -0.05) is 38.1 Å². The molecule has 0 bridgehead atoms. The summed E-state index contributed by atoms with van der Waals surface area (Å²) in [5, 5.41) is 3.64. The highest BCUT2D eigenvalue weighted by atomic mass is 15.2. The molecule has 2 nitrogen and oxygen atoms in total. The van der Waals surface area contributed by atoms with Crippen LogP contribution in [0, 0.1) is 6.92 Å². The van der Waals surface area contributed by atoms with Crippen LogP contribution in [0.15, 0.2) is 24.3 Å². The number of nitrogens with zero attached hydrogens (tertiary/aromatic N) is 1. The van der Waals surface area contributed by atoms with Crippen molar-refractivity contribution < 1.29 is 0 Å². The monoisotopic (exact) mass is 262 g/mol. The fourth-order valence-electron chi connectivity index (χ4n) is 2.58. The third-order valence-corrected chi connectivity index (χ3v) is 3.67. The fraction of sp³-hybridized carbons (Fsp3) is 0.647. The maximum Gasteiger partial charge on any atom is 0.0451 e. The van der Waals surface area contributed by atoms with Crippen molar-refractivity contribution in [1.29, 1.82) is 0 Å². The zero-order valence-electron chi connectivity index (χ0n) is 13.2. The molecule has 0 aliphatic heterocycles. The molecule has 1 N–H and O–H groups in total. The van der Waals surface area contributed by atoms with Crippen LogP contribution in [0.3, 0.4) is 0 Å². The average Bonchev–Trinajstić information content (AvgIpc) is 2.38. The van der Waals surface area contributed by atoms with Gasteiger partial charge in [-0.25, -0.2) is 0 Å². The van der Waals surface area contributed by atoms with E-state index in [1.807, 2.05) is 0 Å². The first-order valence-corrected chi connectivity index (χ1v) is 7.63. The summed E-state index contributed by atoms with van der Waals surface area (Å²) in [5.41, 5.74) is 2.82. The van der Waals surface area contributed by atoms with E-state index in [1.165, 1.54) is 24.1 Å². The maximum absolute atomic E-state index is 3.64. The van der Waals surface area contributed by atoms with Crippen molar-refractivity contribution in [3.8, 4) is 0 Å². The minimum atomic E-state index is 0.431. The van der Waals surface area contributed by atoms with Gasteiger partial charge in [0.1, 0.15) is 0 Å². The zero-order valence-corrected chi connectivity index (χ0v) is 13.2. The quantitative estimate of drug-likeness (QED) is 0.767. The van der Waals surface area contributed by atoms with Crippen LogP contribution >= 0.6 is 0 Å². The van der Waals surface area contributed by atoms with E-state index < -0.39 is 0 Å². The molecule has 0 aliphatic rings. The highest BCUT2D eigenvalue weighted by molar-refractivity contribution is 5.29. The fourth-order valence-corrected chi connectivity index (χ4v) is 2.58. The van der Waals surface area contributed by atoms with Crippen LogP contribution in [0.4, 0.5) is 0 Å². The van der Waals surface area contributed by atoms with Crippen molar-refractivity contribution in [1.82, 2.24) is 10.2 Å². The third-order valence-electron chi connectivity index (χ3n) is 3.67. The van der Waals surface area contributed by atoms with Gasteiger partial charge >= 0.3 is 0 Å². The zero-order chi connectivity index (χ0) is 14.3. The molecule has 0 aliphatic carbocycles. The van der Waals surface area contributed by atoms with Gasteiger partial charge in [0.15, 0.2) is 0 Å². The second-order valence-electron chi connectivity index (χ2n) is 5.56. The van der Waals surface area contributed by atoms with E-state index >= 15 is 0 Å². The van der Waals surface area contributed by atoms with E-state index in [-0.39, 0.29) is 0 Å². The van der Waals surface area contributed by atoms with Gasteiger partial charge in [0.05, 0.1) is 0 Å². The lowest BCUT2D eigenvalue weighted by Gasteiger charge is -2.31. The van der Waals surface area contributed by atoms with E-state index in [0.717, 1.165) is 13.1 Å². The van der Waals surface area contributed by atoms with Crippen LogP contribution in [0.2, 0.25) is 0 Å². The number of benzene rings is 1. The first-order chi connectivity index (χ1) is 9.10. The third kappa shape index (κ3) is 4.96. The lowest BCUT2D eigenvalue weighted by atomic mass is 10.00. The number of rotatable bonds is 8. The highest BCUT2D eigenvalue weighted by Crippen LogP contribution is 2.19. The summed E-state index contributed by atoms with van der Waals surface area (Å²) >= 11 is 0. The SMILES string of the molecule is CCCN(CC(NCC)c1ccccc1C)C(C)C. The summed E-state index contributed by atoms with van der Waals surface area (Å²) in [7, 11) is 0. The average molecular weight is 262 g/mol. The molecular formula is C17H30N2. The summed E-state index contributed by atoms with van der Waals surface area (Å²) in [5.74, 6) is 0. The summed E-state index contributed by atoms with van der Waals surface area (Å²) in [6.07, 6.45) is 1.21. The van der Waals surface area contributed by atoms with E-state index in [9.17, 15) is 0 Å². The second kappa shape index (κ2) is 8.34. The van der Waals surface area contributed by atoms with Crippen molar-refractivity contribution in [3.63, 3.8) is 0 Å². The molecule has 1 aromatic carbocycles. The summed E-state index contributed by atoms with van der Waals surface area (Å²) in [4.78, 5) is 2.57. The minimum Gasteiger partial charge on any atom is -0.309 e. The second-order valence-corrected chi connectivity index (χ2v) is 5.56. The maximum atomic E-state index is 3.64. The van der Waals surface area contributed by atoms with Crippen molar-refractivity contribution >= 4 is 0 Å². The minimum absolute atomic E-state index is 0.431. The van der Waals surface area contributed by atoms with Crippen LogP contribution < -0.4 is 5.32 Å². The molecule has 0 spiro atoms. The van der Waals surface area contributed by atoms with Gasteiger partial charge in [0, 0.05) is 18.6 Å². The molecule has 0 heterocycles. The lowest BCUT2D eigenvalue weighted by molar-refractivity contribution is 0.198. The molecule has 108 valence electrons. The Bertz CT molecular complexity index is 360. The van der Waals surface area contributed by atoms with Crippen LogP contribution in [0.25, 0.3) is 0 Å². The summed E-state index contributed by atoms with van der Waals surface area (Å²) < 4.78 is 0. The highest BCUT2D eigenvalue weighted by Gasteiger charge is 2.18. The van der Waals surface area contributed by atoms with E-state index in [0.29, 0.717) is 12.1 Å². The molecule has 2 heteroatoms. The van der Waals surface area contributed by atoms with Crippen molar-refractivity contribution in [2.45, 2.75) is 53.1 Å². The van der Waals surface area contributed by atoms with Crippen LogP contribution in [0.1, 0.15) is 51.3 Å². The van der Waals surface area contributed by atoms with Gasteiger partial charge in [-0.05, 0) is 51.4 Å². The Kier molecular flexibility index (Phi) is 7.11. The number of nitrogens with one attached hydrogen (secondary N) is 1. The molecule has 1 rings (SSSR count). The molecule has 0 saturated carbocycles. The molecule has 0 fully saturated rings. The van der Waals surface area contributed by atoms with Crippen LogP contribution in [0.5, 0.6) is 0 Å². The number of likely N-dealkylation sites (N-methyl/N-ethyl adjacent to an activating group) is 1. The van der Waals surface area contributed by atoms with Gasteiger partial charge < -0.3 is 5.32 Å². The van der Waals surface area contributed by atoms with E-state index in [1.54, 1.807) is 0 Å². The molecular weight excluding hydrogens is 232 g/mol. The Morgan fingerprint density at radius 2 is 1.84 bits per heavy atom. The molecule has 0 aromatic heterocycles. The van der Waals surface area contributed by atoms with Crippen molar-refractivity contribution in [3.05, 3.63) is 35.4 Å². The summed E-state index contributed by atoms with van der Waals surface area (Å²) in [6, 6.07) is 9.76. The Labute approximate surface area is 119 Å². The van der Waals surface area contributed by atoms with Gasteiger partial charge in [0.2, 0.25) is 0 Å². The normalized spacial score (nSPS) is 13.2. The molecule has 0 saturated heterocycles. The molecule has 1 unspecified atom stereocenters. The molecule has 0 radical (unpaired) electrons. The predicted molar refractivity (Wildman–Crippen MR) is 84.6 cm³/mol. The Morgan fingerprint density at radius 1 is 1.16 bits per heavy atom. The lowest BCUT2D eigenvalue weighted by Crippen LogP contribution is -2.39. The Balaban J connectivity index is 2.85. The molecule has 0 amide bonds. The first-order valence-electron chi connectivity index (χ1n) is 7.63. The standard InChI is InChI=1S/C17H30N2/c1-6-12-19(14(3)4)13-17(18-7-2)16-11-9-8-10-15(16)5/h8-11,14,17-18H,6-7,12-13H2,1-5H3. The van der Waals surface area contributed by atoms with Gasteiger partial charge in [-0.2, -0.15) is 0 Å². The first kappa shape index (κ1) is 16.2. The van der Waals surface area contributed by atoms with E-state index in [2.05, 4.69) is 69.1 Å². The Morgan fingerprint density at radius 3 is 2.37 bits per heavy atom. The molecule has 1 aromatic rings. The summed E-state index contributed by atoms with van der Waals surface area (Å²) in [6.45, 7) is 14.5. The largest absolute Gasteiger partial charge is 0.309 e. The smallest absolute Gasteiger partial charge is 0.0451 e. The van der Waals surface area contributed by atoms with Crippen molar-refractivity contribution in [2.75, 3.05) is 19.6 Å². The number of aryl methyl sites for hydroxylation is 1. The van der Waals surface area contributed by atoms with Crippen molar-refractivity contribution in [2.24, 2.45) is 0 Å². The number of hydrogen-bond donors (Lipinski definition) is 1. The molecule has 19 heavy (non-hydrogen) atoms. The van der Waals surface area contributed by atoms with Gasteiger partial charge in [-0.3, -0.25) is 4.90 Å². The number of hydrogen-bond acceptors (Lipinski definition) is 2. The van der Waals surface area contributed by atoms with Gasteiger partial charge in [0.25, 0.3) is 0 Å². The van der Waals surface area contributed by atoms with Crippen LogP contribution in [-0.2, 0) is 0 Å². The van der Waals surface area contributed by atoms with Gasteiger partial charge in [-0.15, -0.1) is 0 Å². The topological polar surface area (TPSA) is 15.3 Å². The molecule has 1 atom stereocenters. The predicted octanol–water partition coefficient (Wildman–Crippen LogP) is 3.77.